The number of carbonyl (C=O) groups is 1. The summed E-state index contributed by atoms with van der Waals surface area (Å²) in [6.07, 6.45) is 1.11. The molecule has 0 saturated heterocycles. The molecular weight excluding hydrogens is 190 g/mol. The Bertz CT molecular complexity index is 298. The van der Waals surface area contributed by atoms with E-state index in [-0.39, 0.29) is 5.91 Å². The second kappa shape index (κ2) is 6.19. The van der Waals surface area contributed by atoms with Crippen LogP contribution in [0.1, 0.15) is 25.3 Å². The topological polar surface area (TPSA) is 52.3 Å². The van der Waals surface area contributed by atoms with Gasteiger partial charge in [0.1, 0.15) is 6.10 Å². The van der Waals surface area contributed by atoms with Crippen LogP contribution in [-0.2, 0) is 16.1 Å². The molecule has 1 unspecified atom stereocenters. The molecule has 0 aromatic heterocycles. The van der Waals surface area contributed by atoms with Crippen molar-refractivity contribution in [2.45, 2.75) is 32.5 Å². The maximum absolute atomic E-state index is 11.0. The van der Waals surface area contributed by atoms with Crippen LogP contribution in [0.4, 0.5) is 0 Å². The lowest BCUT2D eigenvalue weighted by atomic mass is 10.2. The molecule has 3 heteroatoms. The van der Waals surface area contributed by atoms with Crippen LogP contribution < -0.4 is 5.73 Å². The Morgan fingerprint density at radius 1 is 1.40 bits per heavy atom. The van der Waals surface area contributed by atoms with Crippen LogP contribution >= 0.6 is 0 Å². The molecule has 0 spiro atoms. The smallest absolute Gasteiger partial charge is 0.246 e. The molecule has 3 nitrogen and oxygen atoms in total. The van der Waals surface area contributed by atoms with Gasteiger partial charge in [0.15, 0.2) is 0 Å². The van der Waals surface area contributed by atoms with Gasteiger partial charge in [-0.25, -0.2) is 0 Å². The second-order valence-electron chi connectivity index (χ2n) is 3.48. The summed E-state index contributed by atoms with van der Waals surface area (Å²) in [7, 11) is 0. The van der Waals surface area contributed by atoms with Crippen LogP contribution in [0, 0.1) is 0 Å². The molecule has 0 fully saturated rings. The van der Waals surface area contributed by atoms with Crippen molar-refractivity contribution in [2.24, 2.45) is 5.73 Å². The van der Waals surface area contributed by atoms with Crippen molar-refractivity contribution in [1.29, 1.82) is 0 Å². The maximum atomic E-state index is 11.0. The van der Waals surface area contributed by atoms with Gasteiger partial charge in [-0.3, -0.25) is 4.79 Å². The molecular formula is C12H17NO2. The van der Waals surface area contributed by atoms with Crippen LogP contribution in [0.25, 0.3) is 0 Å². The lowest BCUT2D eigenvalue weighted by Crippen LogP contribution is -2.30. The molecule has 1 amide bonds. The van der Waals surface area contributed by atoms with Crippen molar-refractivity contribution in [3.05, 3.63) is 35.9 Å². The molecule has 1 aromatic carbocycles. The minimum atomic E-state index is -0.463. The summed E-state index contributed by atoms with van der Waals surface area (Å²) in [5.41, 5.74) is 6.28. The van der Waals surface area contributed by atoms with E-state index in [4.69, 9.17) is 10.5 Å². The van der Waals surface area contributed by atoms with Gasteiger partial charge in [-0.15, -0.1) is 0 Å². The lowest BCUT2D eigenvalue weighted by molar-refractivity contribution is -0.130. The standard InChI is InChI=1S/C12H17NO2/c1-2-6-11(12(13)14)15-9-10-7-4-3-5-8-10/h3-5,7-8,11H,2,6,9H2,1H3,(H2,13,14). The average molecular weight is 207 g/mol. The minimum absolute atomic E-state index is 0.382. The van der Waals surface area contributed by atoms with Gasteiger partial charge in [0.2, 0.25) is 5.91 Å². The molecule has 82 valence electrons. The Balaban J connectivity index is 2.43. The maximum Gasteiger partial charge on any atom is 0.246 e. The Hall–Kier alpha value is -1.35. The van der Waals surface area contributed by atoms with Gasteiger partial charge in [-0.05, 0) is 12.0 Å². The van der Waals surface area contributed by atoms with Crippen molar-refractivity contribution in [1.82, 2.24) is 0 Å². The Labute approximate surface area is 90.2 Å². The van der Waals surface area contributed by atoms with Gasteiger partial charge in [-0.2, -0.15) is 0 Å². The number of ether oxygens (including phenoxy) is 1. The van der Waals surface area contributed by atoms with Crippen molar-refractivity contribution in [2.75, 3.05) is 0 Å². The predicted octanol–water partition coefficient (Wildman–Crippen LogP) is 1.86. The molecule has 1 rings (SSSR count). The first-order chi connectivity index (χ1) is 7.24. The molecule has 1 atom stereocenters. The van der Waals surface area contributed by atoms with E-state index < -0.39 is 6.10 Å². The number of nitrogens with two attached hydrogens (primary N) is 1. The number of rotatable bonds is 6. The largest absolute Gasteiger partial charge is 0.367 e. The summed E-state index contributed by atoms with van der Waals surface area (Å²) in [6, 6.07) is 9.75. The van der Waals surface area contributed by atoms with Crippen LogP contribution in [0.15, 0.2) is 30.3 Å². The van der Waals surface area contributed by atoms with Gasteiger partial charge >= 0.3 is 0 Å². The number of hydrogen-bond donors (Lipinski definition) is 1. The molecule has 15 heavy (non-hydrogen) atoms. The number of hydrogen-bond acceptors (Lipinski definition) is 2. The quantitative estimate of drug-likeness (QED) is 0.774. The van der Waals surface area contributed by atoms with Crippen molar-refractivity contribution in [3.63, 3.8) is 0 Å². The molecule has 0 aliphatic heterocycles. The van der Waals surface area contributed by atoms with Crippen LogP contribution in [0.3, 0.4) is 0 Å². The van der Waals surface area contributed by atoms with E-state index in [1.165, 1.54) is 0 Å². The van der Waals surface area contributed by atoms with Gasteiger partial charge in [-0.1, -0.05) is 43.7 Å². The molecule has 0 bridgehead atoms. The summed E-state index contributed by atoms with van der Waals surface area (Å²) in [6.45, 7) is 2.44. The molecule has 2 N–H and O–H groups in total. The predicted molar refractivity (Wildman–Crippen MR) is 59.1 cm³/mol. The SMILES string of the molecule is CCCC(OCc1ccccc1)C(N)=O. The van der Waals surface area contributed by atoms with Gasteiger partial charge in [0, 0.05) is 0 Å². The zero-order valence-electron chi connectivity index (χ0n) is 8.98. The third-order valence-corrected chi connectivity index (χ3v) is 2.16. The van der Waals surface area contributed by atoms with Gasteiger partial charge < -0.3 is 10.5 Å². The Morgan fingerprint density at radius 3 is 2.60 bits per heavy atom. The highest BCUT2D eigenvalue weighted by Crippen LogP contribution is 2.07. The lowest BCUT2D eigenvalue weighted by Gasteiger charge is -2.13. The van der Waals surface area contributed by atoms with E-state index in [1.807, 2.05) is 37.3 Å². The first-order valence-corrected chi connectivity index (χ1v) is 5.19. The molecule has 0 aliphatic rings. The average Bonchev–Trinajstić information content (AvgIpc) is 2.25. The van der Waals surface area contributed by atoms with E-state index in [0.29, 0.717) is 13.0 Å². The van der Waals surface area contributed by atoms with E-state index in [1.54, 1.807) is 0 Å². The van der Waals surface area contributed by atoms with Crippen molar-refractivity contribution >= 4 is 5.91 Å². The van der Waals surface area contributed by atoms with E-state index in [9.17, 15) is 4.79 Å². The fourth-order valence-corrected chi connectivity index (χ4v) is 1.34. The summed E-state index contributed by atoms with van der Waals surface area (Å²) in [5, 5.41) is 0. The number of amides is 1. The minimum Gasteiger partial charge on any atom is -0.367 e. The Kier molecular flexibility index (Phi) is 4.84. The highest BCUT2D eigenvalue weighted by Gasteiger charge is 2.14. The van der Waals surface area contributed by atoms with Crippen LogP contribution in [-0.4, -0.2) is 12.0 Å². The van der Waals surface area contributed by atoms with E-state index in [2.05, 4.69) is 0 Å². The molecule has 0 aliphatic carbocycles. The normalized spacial score (nSPS) is 12.3. The second-order valence-corrected chi connectivity index (χ2v) is 3.48. The summed E-state index contributed by atoms with van der Waals surface area (Å²) in [4.78, 5) is 11.0. The summed E-state index contributed by atoms with van der Waals surface area (Å²) in [5.74, 6) is -0.382. The molecule has 0 heterocycles. The number of primary amides is 1. The van der Waals surface area contributed by atoms with Crippen molar-refractivity contribution in [3.8, 4) is 0 Å². The molecule has 1 aromatic rings. The van der Waals surface area contributed by atoms with Gasteiger partial charge in [0.05, 0.1) is 6.61 Å². The molecule has 0 radical (unpaired) electrons. The Morgan fingerprint density at radius 2 is 2.07 bits per heavy atom. The summed E-state index contributed by atoms with van der Waals surface area (Å²) >= 11 is 0. The highest BCUT2D eigenvalue weighted by atomic mass is 16.5. The molecule has 0 saturated carbocycles. The van der Waals surface area contributed by atoms with E-state index in [0.717, 1.165) is 12.0 Å². The van der Waals surface area contributed by atoms with Crippen molar-refractivity contribution < 1.29 is 9.53 Å². The van der Waals surface area contributed by atoms with E-state index >= 15 is 0 Å². The monoisotopic (exact) mass is 207 g/mol. The number of benzene rings is 1. The zero-order chi connectivity index (χ0) is 11.1. The zero-order valence-corrected chi connectivity index (χ0v) is 8.98. The number of carbonyl (C=O) groups excluding carboxylic acids is 1. The fourth-order valence-electron chi connectivity index (χ4n) is 1.34. The van der Waals surface area contributed by atoms with Gasteiger partial charge in [0.25, 0.3) is 0 Å². The first kappa shape index (κ1) is 11.7. The third kappa shape index (κ3) is 4.13. The van der Waals surface area contributed by atoms with Crippen LogP contribution in [0.5, 0.6) is 0 Å². The first-order valence-electron chi connectivity index (χ1n) is 5.19. The fraction of sp³-hybridized carbons (Fsp3) is 0.417. The van der Waals surface area contributed by atoms with Crippen LogP contribution in [0.2, 0.25) is 0 Å². The highest BCUT2D eigenvalue weighted by molar-refractivity contribution is 5.78. The summed E-state index contributed by atoms with van der Waals surface area (Å²) < 4.78 is 5.46. The third-order valence-electron chi connectivity index (χ3n) is 2.16.